The predicted molar refractivity (Wildman–Crippen MR) is 164 cm³/mol. The number of esters is 4. The van der Waals surface area contributed by atoms with E-state index >= 15 is 0 Å². The van der Waals surface area contributed by atoms with Crippen LogP contribution in [0.15, 0.2) is 66.8 Å². The number of ether oxygens (including phenoxy) is 5. The van der Waals surface area contributed by atoms with Crippen LogP contribution >= 0.6 is 0 Å². The minimum absolute atomic E-state index is 0.00353. The highest BCUT2D eigenvalue weighted by molar-refractivity contribution is 5.88. The molecule has 0 saturated heterocycles. The number of carbonyl (C=O) groups is 4. The molecule has 11 nitrogen and oxygen atoms in total. The highest BCUT2D eigenvalue weighted by Gasteiger charge is 2.46. The number of methoxy groups -OCH3 is 1. The Hall–Kier alpha value is -5.06. The largest absolute Gasteiger partial charge is 0.497 e. The van der Waals surface area contributed by atoms with Crippen molar-refractivity contribution in [3.8, 4) is 17.0 Å². The van der Waals surface area contributed by atoms with Gasteiger partial charge in [0.15, 0.2) is 0 Å². The molecule has 0 aliphatic heterocycles. The van der Waals surface area contributed by atoms with Crippen molar-refractivity contribution in [1.82, 2.24) is 9.97 Å². The first kappa shape index (κ1) is 32.8. The molecule has 1 aliphatic rings. The minimum atomic E-state index is -0.871. The van der Waals surface area contributed by atoms with Crippen molar-refractivity contribution in [2.24, 2.45) is 0 Å². The fourth-order valence-corrected chi connectivity index (χ4v) is 5.15. The van der Waals surface area contributed by atoms with Gasteiger partial charge in [0, 0.05) is 41.0 Å². The zero-order valence-electron chi connectivity index (χ0n) is 25.7. The Bertz CT molecular complexity index is 1600. The van der Waals surface area contributed by atoms with Crippen molar-refractivity contribution in [2.45, 2.75) is 44.9 Å². The summed E-state index contributed by atoms with van der Waals surface area (Å²) in [4.78, 5) is 58.9. The Morgan fingerprint density at radius 2 is 1.29 bits per heavy atom. The van der Waals surface area contributed by atoms with Gasteiger partial charge in [0.25, 0.3) is 0 Å². The molecule has 1 aromatic heterocycles. The second-order valence-electron chi connectivity index (χ2n) is 10.7. The van der Waals surface area contributed by atoms with Crippen LogP contribution < -0.4 is 4.74 Å². The molecular formula is C34H36N2O9. The average molecular weight is 617 g/mol. The molecule has 3 aromatic rings. The van der Waals surface area contributed by atoms with E-state index in [1.165, 1.54) is 13.8 Å². The van der Waals surface area contributed by atoms with Crippen LogP contribution in [0.25, 0.3) is 22.3 Å². The van der Waals surface area contributed by atoms with Crippen LogP contribution in [0.3, 0.4) is 0 Å². The fourth-order valence-electron chi connectivity index (χ4n) is 5.15. The molecule has 0 radical (unpaired) electrons. The third-order valence-corrected chi connectivity index (χ3v) is 7.39. The molecule has 0 spiro atoms. The average Bonchev–Trinajstić information content (AvgIpc) is 3.30. The van der Waals surface area contributed by atoms with Crippen molar-refractivity contribution in [3.63, 3.8) is 0 Å². The lowest BCUT2D eigenvalue weighted by Gasteiger charge is -2.30. The smallest absolute Gasteiger partial charge is 0.333 e. The highest BCUT2D eigenvalue weighted by atomic mass is 16.6. The molecule has 0 atom stereocenters. The topological polar surface area (TPSA) is 140 Å². The maximum Gasteiger partial charge on any atom is 0.333 e. The fraction of sp³-hybridized carbons (Fsp3) is 0.353. The van der Waals surface area contributed by atoms with Crippen molar-refractivity contribution in [3.05, 3.63) is 78.0 Å². The molecule has 0 saturated carbocycles. The van der Waals surface area contributed by atoms with Crippen molar-refractivity contribution >= 4 is 34.9 Å². The molecule has 0 unspecified atom stereocenters. The highest BCUT2D eigenvalue weighted by Crippen LogP contribution is 2.52. The molecule has 236 valence electrons. The molecule has 45 heavy (non-hydrogen) atoms. The molecule has 1 aliphatic carbocycles. The van der Waals surface area contributed by atoms with E-state index in [0.29, 0.717) is 28.2 Å². The maximum absolute atomic E-state index is 12.9. The first-order valence-corrected chi connectivity index (χ1v) is 14.5. The second-order valence-corrected chi connectivity index (χ2v) is 10.7. The van der Waals surface area contributed by atoms with Gasteiger partial charge in [0.2, 0.25) is 0 Å². The summed E-state index contributed by atoms with van der Waals surface area (Å²) in [6.45, 7) is 9.71. The summed E-state index contributed by atoms with van der Waals surface area (Å²) in [6, 6.07) is 13.1. The third-order valence-electron chi connectivity index (χ3n) is 7.39. The Labute approximate surface area is 261 Å². The predicted octanol–water partition coefficient (Wildman–Crippen LogP) is 4.79. The van der Waals surface area contributed by atoms with E-state index < -0.39 is 29.3 Å². The monoisotopic (exact) mass is 616 g/mol. The van der Waals surface area contributed by atoms with Crippen LogP contribution in [0.5, 0.6) is 5.75 Å². The quantitative estimate of drug-likeness (QED) is 0.101. The molecule has 0 N–H and O–H groups in total. The lowest BCUT2D eigenvalue weighted by Crippen LogP contribution is -2.29. The van der Waals surface area contributed by atoms with Gasteiger partial charge in [-0.1, -0.05) is 37.4 Å². The van der Waals surface area contributed by atoms with E-state index in [1.807, 2.05) is 30.3 Å². The molecule has 1 heterocycles. The van der Waals surface area contributed by atoms with Crippen LogP contribution in [-0.4, -0.2) is 67.4 Å². The van der Waals surface area contributed by atoms with Gasteiger partial charge in [0.05, 0.1) is 29.5 Å². The van der Waals surface area contributed by atoms with Crippen LogP contribution in [0.1, 0.15) is 50.8 Å². The van der Waals surface area contributed by atoms with Crippen molar-refractivity contribution < 1.29 is 42.9 Å². The Kier molecular flexibility index (Phi) is 10.7. The first-order chi connectivity index (χ1) is 21.6. The number of hydrogen-bond acceptors (Lipinski definition) is 11. The minimum Gasteiger partial charge on any atom is -0.497 e. The third kappa shape index (κ3) is 7.72. The van der Waals surface area contributed by atoms with Crippen LogP contribution in [0, 0.1) is 0 Å². The van der Waals surface area contributed by atoms with Gasteiger partial charge >= 0.3 is 23.9 Å². The zero-order chi connectivity index (χ0) is 32.6. The maximum atomic E-state index is 12.9. The molecule has 0 amide bonds. The van der Waals surface area contributed by atoms with E-state index in [-0.39, 0.29) is 63.3 Å². The summed E-state index contributed by atoms with van der Waals surface area (Å²) >= 11 is 0. The number of carbonyl (C=O) groups excluding carboxylic acids is 4. The van der Waals surface area contributed by atoms with Gasteiger partial charge in [-0.3, -0.25) is 9.59 Å². The molecule has 0 bridgehead atoms. The number of hydrogen-bond donors (Lipinski definition) is 0. The van der Waals surface area contributed by atoms with Crippen LogP contribution in [0.2, 0.25) is 0 Å². The van der Waals surface area contributed by atoms with Crippen molar-refractivity contribution in [1.29, 1.82) is 0 Å². The SMILES string of the molecule is C=C(C)C(=O)OCCOC(=O)CCC1(CCC(=O)OCCOC(=O)C(=C)C)c2ccccc2-c2nc3cc(OC)ccc3nc21. The summed E-state index contributed by atoms with van der Waals surface area (Å²) in [5, 5.41) is 0. The van der Waals surface area contributed by atoms with Gasteiger partial charge in [0.1, 0.15) is 32.2 Å². The van der Waals surface area contributed by atoms with E-state index in [2.05, 4.69) is 13.2 Å². The number of aromatic nitrogens is 2. The van der Waals surface area contributed by atoms with Crippen LogP contribution in [-0.2, 0) is 43.5 Å². The first-order valence-electron chi connectivity index (χ1n) is 14.5. The number of rotatable bonds is 15. The Morgan fingerprint density at radius 1 is 0.733 bits per heavy atom. The van der Waals surface area contributed by atoms with E-state index in [1.54, 1.807) is 19.2 Å². The molecule has 11 heteroatoms. The lowest BCUT2D eigenvalue weighted by molar-refractivity contribution is -0.150. The van der Waals surface area contributed by atoms with Crippen LogP contribution in [0.4, 0.5) is 0 Å². The molecule has 2 aromatic carbocycles. The van der Waals surface area contributed by atoms with Gasteiger partial charge in [-0.15, -0.1) is 0 Å². The number of nitrogens with zero attached hydrogens (tertiary/aromatic N) is 2. The number of fused-ring (bicyclic) bond motifs is 4. The lowest BCUT2D eigenvalue weighted by atomic mass is 9.73. The van der Waals surface area contributed by atoms with E-state index in [0.717, 1.165) is 11.1 Å². The van der Waals surface area contributed by atoms with Crippen molar-refractivity contribution in [2.75, 3.05) is 33.5 Å². The van der Waals surface area contributed by atoms with E-state index in [4.69, 9.17) is 33.7 Å². The standard InChI is InChI=1S/C34H36N2O9/c1-21(2)32(39)44-18-16-42-28(37)12-14-34(15-13-29(38)43-17-19-45-33(40)22(3)4)25-9-7-6-8-24(25)30-31(34)36-26-11-10-23(41-5)20-27(26)35-30/h6-11,20H,1,3,12-19H2,2,4-5H3. The summed E-state index contributed by atoms with van der Waals surface area (Å²) in [7, 11) is 1.58. The zero-order valence-corrected chi connectivity index (χ0v) is 25.7. The summed E-state index contributed by atoms with van der Waals surface area (Å²) in [5.41, 5.74) is 3.95. The van der Waals surface area contributed by atoms with Gasteiger partial charge in [-0.05, 0) is 44.4 Å². The number of benzene rings is 2. The normalized spacial score (nSPS) is 12.4. The molecular weight excluding hydrogens is 580 g/mol. The summed E-state index contributed by atoms with van der Waals surface area (Å²) in [5.74, 6) is -1.47. The van der Waals surface area contributed by atoms with Gasteiger partial charge in [-0.25, -0.2) is 19.6 Å². The Balaban J connectivity index is 1.58. The van der Waals surface area contributed by atoms with Gasteiger partial charge < -0.3 is 23.7 Å². The van der Waals surface area contributed by atoms with E-state index in [9.17, 15) is 19.2 Å². The Morgan fingerprint density at radius 3 is 1.84 bits per heavy atom. The second kappa shape index (κ2) is 14.6. The molecule has 4 rings (SSSR count). The summed E-state index contributed by atoms with van der Waals surface area (Å²) in [6.07, 6.45) is 0.523. The summed E-state index contributed by atoms with van der Waals surface area (Å²) < 4.78 is 26.1. The molecule has 0 fully saturated rings. The van der Waals surface area contributed by atoms with Gasteiger partial charge in [-0.2, -0.15) is 0 Å².